The lowest BCUT2D eigenvalue weighted by atomic mass is 10.2. The number of aromatic nitrogens is 2. The monoisotopic (exact) mass is 421 g/mol. The van der Waals surface area contributed by atoms with Gasteiger partial charge < -0.3 is 19.9 Å². The fourth-order valence-electron chi connectivity index (χ4n) is 2.46. The van der Waals surface area contributed by atoms with Gasteiger partial charge >= 0.3 is 6.61 Å². The van der Waals surface area contributed by atoms with E-state index in [-0.39, 0.29) is 18.8 Å². The zero-order valence-electron chi connectivity index (χ0n) is 15.4. The van der Waals surface area contributed by atoms with Crippen LogP contribution in [-0.4, -0.2) is 29.8 Å². The number of nitrogens with one attached hydrogen (secondary N) is 2. The van der Waals surface area contributed by atoms with Crippen molar-refractivity contribution >= 4 is 17.6 Å². The van der Waals surface area contributed by atoms with Crippen molar-refractivity contribution in [2.45, 2.75) is 19.7 Å². The van der Waals surface area contributed by atoms with E-state index in [1.807, 2.05) is 0 Å². The average molecular weight is 422 g/mol. The van der Waals surface area contributed by atoms with Crippen molar-refractivity contribution in [1.82, 2.24) is 20.8 Å². The molecule has 0 saturated carbocycles. The molecule has 152 valence electrons. The summed E-state index contributed by atoms with van der Waals surface area (Å²) in [5.41, 5.74) is 1.35. The molecule has 2 aromatic carbocycles. The fourth-order valence-corrected chi connectivity index (χ4v) is 2.59. The first-order valence-corrected chi connectivity index (χ1v) is 8.98. The number of halogens is 3. The molecule has 0 bridgehead atoms. The summed E-state index contributed by atoms with van der Waals surface area (Å²) in [7, 11) is 1.59. The normalized spacial score (nSPS) is 11.6. The quantitative estimate of drug-likeness (QED) is 0.445. The fraction of sp³-hybridized carbons (Fsp3) is 0.211. The molecule has 0 saturated heterocycles. The van der Waals surface area contributed by atoms with Crippen LogP contribution in [0, 0.1) is 0 Å². The van der Waals surface area contributed by atoms with Crippen molar-refractivity contribution in [2.75, 3.05) is 7.05 Å². The van der Waals surface area contributed by atoms with Gasteiger partial charge in [-0.1, -0.05) is 35.0 Å². The van der Waals surface area contributed by atoms with E-state index in [0.29, 0.717) is 28.3 Å². The van der Waals surface area contributed by atoms with Gasteiger partial charge in [-0.05, 0) is 30.3 Å². The number of guanidine groups is 1. The van der Waals surface area contributed by atoms with Crippen molar-refractivity contribution in [3.63, 3.8) is 0 Å². The molecule has 0 radical (unpaired) electrons. The summed E-state index contributed by atoms with van der Waals surface area (Å²) in [6.07, 6.45) is 0. The molecule has 0 aliphatic carbocycles. The summed E-state index contributed by atoms with van der Waals surface area (Å²) in [5, 5.41) is 10.6. The Morgan fingerprint density at radius 1 is 1.14 bits per heavy atom. The molecular weight excluding hydrogens is 404 g/mol. The third kappa shape index (κ3) is 5.89. The highest BCUT2D eigenvalue weighted by Crippen LogP contribution is 2.20. The van der Waals surface area contributed by atoms with Crippen LogP contribution >= 0.6 is 11.6 Å². The lowest BCUT2D eigenvalue weighted by Gasteiger charge is -2.13. The molecule has 7 nitrogen and oxygen atoms in total. The Kier molecular flexibility index (Phi) is 6.96. The lowest BCUT2D eigenvalue weighted by Crippen LogP contribution is -2.36. The Bertz CT molecular complexity index is 963. The summed E-state index contributed by atoms with van der Waals surface area (Å²) in [4.78, 5) is 8.40. The van der Waals surface area contributed by atoms with Gasteiger partial charge in [-0.25, -0.2) is 0 Å². The zero-order chi connectivity index (χ0) is 20.6. The maximum Gasteiger partial charge on any atom is 0.387 e. The van der Waals surface area contributed by atoms with E-state index in [9.17, 15) is 8.78 Å². The molecule has 0 aliphatic rings. The number of aliphatic imine (C=N–C) groups is 1. The standard InChI is InChI=1S/C19H18ClF2N5O2/c1-23-19(24-10-13-4-2-3-5-15(13)28-18(21)22)25-11-16-26-17(27-29-16)12-6-8-14(20)9-7-12/h2-9,18H,10-11H2,1H3,(H2,23,24,25). The maximum atomic E-state index is 12.5. The molecule has 1 heterocycles. The van der Waals surface area contributed by atoms with E-state index in [1.165, 1.54) is 6.07 Å². The Labute approximate surface area is 170 Å². The summed E-state index contributed by atoms with van der Waals surface area (Å²) in [5.74, 6) is 1.34. The SMILES string of the molecule is CN=C(NCc1nc(-c2ccc(Cl)cc2)no1)NCc1ccccc1OC(F)F. The van der Waals surface area contributed by atoms with Gasteiger partial charge in [-0.3, -0.25) is 4.99 Å². The first-order valence-electron chi connectivity index (χ1n) is 8.61. The first-order chi connectivity index (χ1) is 14.0. The van der Waals surface area contributed by atoms with E-state index >= 15 is 0 Å². The smallest absolute Gasteiger partial charge is 0.387 e. The van der Waals surface area contributed by atoms with E-state index in [4.69, 9.17) is 16.1 Å². The van der Waals surface area contributed by atoms with Gasteiger partial charge in [0.15, 0.2) is 5.96 Å². The number of rotatable bonds is 7. The van der Waals surface area contributed by atoms with Crippen molar-refractivity contribution in [1.29, 1.82) is 0 Å². The molecule has 3 rings (SSSR count). The first kappa shape index (κ1) is 20.5. The van der Waals surface area contributed by atoms with E-state index < -0.39 is 6.61 Å². The van der Waals surface area contributed by atoms with Crippen molar-refractivity contribution < 1.29 is 18.0 Å². The van der Waals surface area contributed by atoms with Gasteiger partial charge in [-0.2, -0.15) is 13.8 Å². The van der Waals surface area contributed by atoms with Crippen molar-refractivity contribution in [2.24, 2.45) is 4.99 Å². The Morgan fingerprint density at radius 2 is 1.86 bits per heavy atom. The van der Waals surface area contributed by atoms with Crippen LogP contribution in [0.15, 0.2) is 58.0 Å². The third-order valence-electron chi connectivity index (χ3n) is 3.84. The summed E-state index contributed by atoms with van der Waals surface area (Å²) in [6, 6.07) is 13.6. The second-order valence-electron chi connectivity index (χ2n) is 5.78. The van der Waals surface area contributed by atoms with Crippen LogP contribution in [0.25, 0.3) is 11.4 Å². The van der Waals surface area contributed by atoms with Crippen LogP contribution in [0.4, 0.5) is 8.78 Å². The summed E-state index contributed by atoms with van der Waals surface area (Å²) in [6.45, 7) is -2.42. The van der Waals surface area contributed by atoms with Gasteiger partial charge in [0.05, 0.1) is 6.54 Å². The Morgan fingerprint density at radius 3 is 2.59 bits per heavy atom. The number of nitrogens with zero attached hydrogens (tertiary/aromatic N) is 3. The lowest BCUT2D eigenvalue weighted by molar-refractivity contribution is -0.0504. The molecule has 0 aliphatic heterocycles. The average Bonchev–Trinajstić information content (AvgIpc) is 3.18. The predicted octanol–water partition coefficient (Wildman–Crippen LogP) is 3.86. The number of alkyl halides is 2. The van der Waals surface area contributed by atoms with Crippen molar-refractivity contribution in [3.05, 3.63) is 65.0 Å². The molecule has 3 aromatic rings. The molecule has 1 aromatic heterocycles. The van der Waals surface area contributed by atoms with Crippen LogP contribution in [0.1, 0.15) is 11.5 Å². The van der Waals surface area contributed by atoms with E-state index in [2.05, 4.69) is 30.5 Å². The number of hydrogen-bond donors (Lipinski definition) is 2. The molecule has 0 atom stereocenters. The van der Waals surface area contributed by atoms with Gasteiger partial charge in [0.1, 0.15) is 5.75 Å². The van der Waals surface area contributed by atoms with Crippen LogP contribution in [-0.2, 0) is 13.1 Å². The van der Waals surface area contributed by atoms with Crippen LogP contribution in [0.2, 0.25) is 5.02 Å². The van der Waals surface area contributed by atoms with E-state index in [0.717, 1.165) is 5.56 Å². The topological polar surface area (TPSA) is 84.6 Å². The number of benzene rings is 2. The summed E-state index contributed by atoms with van der Waals surface area (Å²) >= 11 is 5.87. The molecular formula is C19H18ClF2N5O2. The number of hydrogen-bond acceptors (Lipinski definition) is 5. The third-order valence-corrected chi connectivity index (χ3v) is 4.09. The molecule has 10 heteroatoms. The van der Waals surface area contributed by atoms with Crippen molar-refractivity contribution in [3.8, 4) is 17.1 Å². The van der Waals surface area contributed by atoms with Gasteiger partial charge in [-0.15, -0.1) is 0 Å². The molecule has 0 spiro atoms. The van der Waals surface area contributed by atoms with E-state index in [1.54, 1.807) is 49.5 Å². The second kappa shape index (κ2) is 9.83. The second-order valence-corrected chi connectivity index (χ2v) is 6.22. The number of para-hydroxylation sites is 1. The molecule has 0 unspecified atom stereocenters. The Hall–Kier alpha value is -3.20. The minimum atomic E-state index is -2.89. The minimum Gasteiger partial charge on any atom is -0.434 e. The molecule has 2 N–H and O–H groups in total. The van der Waals surface area contributed by atoms with Gasteiger partial charge in [0, 0.05) is 29.7 Å². The molecule has 29 heavy (non-hydrogen) atoms. The zero-order valence-corrected chi connectivity index (χ0v) is 16.2. The Balaban J connectivity index is 1.56. The highest BCUT2D eigenvalue weighted by atomic mass is 35.5. The predicted molar refractivity (Wildman–Crippen MR) is 105 cm³/mol. The highest BCUT2D eigenvalue weighted by molar-refractivity contribution is 6.30. The van der Waals surface area contributed by atoms with Crippen LogP contribution < -0.4 is 15.4 Å². The van der Waals surface area contributed by atoms with Crippen LogP contribution in [0.3, 0.4) is 0 Å². The molecule has 0 amide bonds. The van der Waals surface area contributed by atoms with Crippen LogP contribution in [0.5, 0.6) is 5.75 Å². The minimum absolute atomic E-state index is 0.106. The summed E-state index contributed by atoms with van der Waals surface area (Å²) < 4.78 is 34.8. The maximum absolute atomic E-state index is 12.5. The van der Waals surface area contributed by atoms with Gasteiger partial charge in [0.25, 0.3) is 0 Å². The molecule has 0 fully saturated rings. The number of ether oxygens (including phenoxy) is 1. The van der Waals surface area contributed by atoms with Gasteiger partial charge in [0.2, 0.25) is 11.7 Å². The largest absolute Gasteiger partial charge is 0.434 e. The highest BCUT2D eigenvalue weighted by Gasteiger charge is 2.11.